The van der Waals surface area contributed by atoms with Gasteiger partial charge in [0.25, 0.3) is 0 Å². The summed E-state index contributed by atoms with van der Waals surface area (Å²) in [5.74, 6) is 0.684. The molecular weight excluding hydrogens is 316 g/mol. The maximum absolute atomic E-state index is 10.9. The van der Waals surface area contributed by atoms with E-state index in [-0.39, 0.29) is 12.7 Å². The minimum atomic E-state index is -0.954. The summed E-state index contributed by atoms with van der Waals surface area (Å²) in [7, 11) is 0. The van der Waals surface area contributed by atoms with Gasteiger partial charge in [-0.2, -0.15) is 0 Å². The summed E-state index contributed by atoms with van der Waals surface area (Å²) < 4.78 is 12.2. The van der Waals surface area contributed by atoms with E-state index in [1.165, 1.54) is 32.1 Å². The Bertz CT molecular complexity index is 666. The van der Waals surface area contributed by atoms with E-state index in [9.17, 15) is 4.79 Å². The summed E-state index contributed by atoms with van der Waals surface area (Å²) in [6.45, 7) is -0.316. The van der Waals surface area contributed by atoms with Crippen LogP contribution in [0.15, 0.2) is 35.9 Å². The molecule has 1 saturated carbocycles. The lowest BCUT2D eigenvalue weighted by Gasteiger charge is -2.47. The molecular formula is C21H26O4. The zero-order chi connectivity index (χ0) is 17.2. The number of benzene rings is 1. The van der Waals surface area contributed by atoms with E-state index in [0.717, 1.165) is 18.4 Å². The second kappa shape index (κ2) is 7.20. The third-order valence-corrected chi connectivity index (χ3v) is 5.92. The van der Waals surface area contributed by atoms with Crippen LogP contribution in [0.1, 0.15) is 56.6 Å². The third kappa shape index (κ3) is 3.32. The van der Waals surface area contributed by atoms with Gasteiger partial charge in [-0.05, 0) is 38.2 Å². The van der Waals surface area contributed by atoms with Gasteiger partial charge in [0.15, 0.2) is 6.61 Å². The number of hydrogen-bond acceptors (Lipinski definition) is 3. The first-order valence-electron chi connectivity index (χ1n) is 9.53. The number of hydrogen-bond donors (Lipinski definition) is 1. The number of rotatable bonds is 4. The highest BCUT2D eigenvalue weighted by molar-refractivity contribution is 5.68. The van der Waals surface area contributed by atoms with Crippen LogP contribution < -0.4 is 4.74 Å². The van der Waals surface area contributed by atoms with Gasteiger partial charge in [0.1, 0.15) is 5.75 Å². The van der Waals surface area contributed by atoms with Crippen LogP contribution in [0.4, 0.5) is 0 Å². The van der Waals surface area contributed by atoms with Crippen LogP contribution in [0.2, 0.25) is 0 Å². The Morgan fingerprint density at radius 1 is 1.12 bits per heavy atom. The van der Waals surface area contributed by atoms with Gasteiger partial charge in [0.2, 0.25) is 0 Å². The summed E-state index contributed by atoms with van der Waals surface area (Å²) in [4.78, 5) is 10.9. The number of allylic oxidation sites excluding steroid dienone is 1. The molecule has 0 unspecified atom stereocenters. The van der Waals surface area contributed by atoms with Crippen molar-refractivity contribution in [1.29, 1.82) is 0 Å². The van der Waals surface area contributed by atoms with E-state index >= 15 is 0 Å². The number of ether oxygens (including phenoxy) is 2. The standard InChI is InChI=1S/C21H26O4/c22-20(23)13-24-18-11-5-4-10-17(18)21-16-9-2-1-7-14(16)15-8-3-6-12-19(15)25-21/h4-5,7,10-11,15-16,19,21H,1-3,6,8-9,12-13H2,(H,22,23)/t15-,16+,19+,21-/m0/s1. The molecule has 1 aromatic carbocycles. The normalized spacial score (nSPS) is 31.4. The first-order valence-corrected chi connectivity index (χ1v) is 9.53. The van der Waals surface area contributed by atoms with E-state index in [2.05, 4.69) is 6.08 Å². The molecule has 0 bridgehead atoms. The number of para-hydroxylation sites is 1. The highest BCUT2D eigenvalue weighted by atomic mass is 16.5. The zero-order valence-electron chi connectivity index (χ0n) is 14.5. The largest absolute Gasteiger partial charge is 0.482 e. The van der Waals surface area contributed by atoms with Crippen molar-refractivity contribution in [2.75, 3.05) is 6.61 Å². The average molecular weight is 342 g/mol. The molecule has 0 aromatic heterocycles. The van der Waals surface area contributed by atoms with Gasteiger partial charge in [0, 0.05) is 17.4 Å². The lowest BCUT2D eigenvalue weighted by Crippen LogP contribution is -2.41. The molecule has 4 rings (SSSR count). The van der Waals surface area contributed by atoms with Crippen molar-refractivity contribution in [2.24, 2.45) is 11.8 Å². The predicted octanol–water partition coefficient (Wildman–Crippen LogP) is 4.51. The zero-order valence-corrected chi connectivity index (χ0v) is 14.5. The molecule has 0 radical (unpaired) electrons. The van der Waals surface area contributed by atoms with Crippen LogP contribution in [0.5, 0.6) is 5.75 Å². The van der Waals surface area contributed by atoms with Crippen molar-refractivity contribution in [3.63, 3.8) is 0 Å². The third-order valence-electron chi connectivity index (χ3n) is 5.92. The minimum Gasteiger partial charge on any atom is -0.482 e. The van der Waals surface area contributed by atoms with Gasteiger partial charge in [-0.15, -0.1) is 0 Å². The topological polar surface area (TPSA) is 55.8 Å². The Morgan fingerprint density at radius 3 is 2.80 bits per heavy atom. The van der Waals surface area contributed by atoms with Crippen LogP contribution in [0, 0.1) is 11.8 Å². The molecule has 4 heteroatoms. The second-order valence-electron chi connectivity index (χ2n) is 7.45. The number of fused-ring (bicyclic) bond motifs is 3. The quantitative estimate of drug-likeness (QED) is 0.818. The molecule has 1 heterocycles. The molecule has 3 aliphatic rings. The SMILES string of the molecule is O=C(O)COc1ccccc1[C@H]1O[C@@H]2CCCC[C@H]2C2=CCCC[C@H]21. The van der Waals surface area contributed by atoms with E-state index in [4.69, 9.17) is 14.6 Å². The lowest BCUT2D eigenvalue weighted by molar-refractivity contribution is -0.139. The van der Waals surface area contributed by atoms with Crippen LogP contribution in [0.3, 0.4) is 0 Å². The molecule has 0 spiro atoms. The van der Waals surface area contributed by atoms with Gasteiger partial charge < -0.3 is 14.6 Å². The van der Waals surface area contributed by atoms with Crippen molar-refractivity contribution < 1.29 is 19.4 Å². The first-order chi connectivity index (χ1) is 12.2. The fourth-order valence-corrected chi connectivity index (χ4v) is 4.88. The Morgan fingerprint density at radius 2 is 1.92 bits per heavy atom. The van der Waals surface area contributed by atoms with Crippen molar-refractivity contribution in [1.82, 2.24) is 0 Å². The lowest BCUT2D eigenvalue weighted by atomic mass is 9.68. The van der Waals surface area contributed by atoms with Crippen LogP contribution in [0.25, 0.3) is 0 Å². The number of carboxylic acid groups (broad SMARTS) is 1. The van der Waals surface area contributed by atoms with Gasteiger partial charge in [-0.3, -0.25) is 0 Å². The molecule has 134 valence electrons. The van der Waals surface area contributed by atoms with E-state index in [0.29, 0.717) is 23.7 Å². The summed E-state index contributed by atoms with van der Waals surface area (Å²) >= 11 is 0. The fraction of sp³-hybridized carbons (Fsp3) is 0.571. The van der Waals surface area contributed by atoms with Gasteiger partial charge in [0.05, 0.1) is 12.2 Å². The Kier molecular flexibility index (Phi) is 4.80. The molecule has 0 amide bonds. The van der Waals surface area contributed by atoms with Crippen molar-refractivity contribution >= 4 is 5.97 Å². The molecule has 1 N–H and O–H groups in total. The molecule has 25 heavy (non-hydrogen) atoms. The molecule has 4 nitrogen and oxygen atoms in total. The highest BCUT2D eigenvalue weighted by Crippen LogP contribution is 2.52. The van der Waals surface area contributed by atoms with E-state index < -0.39 is 5.97 Å². The van der Waals surface area contributed by atoms with Gasteiger partial charge >= 0.3 is 5.97 Å². The number of carbonyl (C=O) groups is 1. The highest BCUT2D eigenvalue weighted by Gasteiger charge is 2.44. The minimum absolute atomic E-state index is 0.0177. The second-order valence-corrected chi connectivity index (χ2v) is 7.45. The van der Waals surface area contributed by atoms with Crippen molar-refractivity contribution in [3.05, 3.63) is 41.5 Å². The van der Waals surface area contributed by atoms with Gasteiger partial charge in [-0.1, -0.05) is 42.7 Å². The van der Waals surface area contributed by atoms with E-state index in [1.54, 1.807) is 5.57 Å². The smallest absolute Gasteiger partial charge is 0.341 e. The van der Waals surface area contributed by atoms with Crippen LogP contribution in [-0.2, 0) is 9.53 Å². The predicted molar refractivity (Wildman–Crippen MR) is 94.6 cm³/mol. The molecule has 1 aliphatic heterocycles. The van der Waals surface area contributed by atoms with Crippen molar-refractivity contribution in [2.45, 2.75) is 57.2 Å². The molecule has 2 fully saturated rings. The summed E-state index contributed by atoms with van der Waals surface area (Å²) in [5, 5.41) is 8.95. The van der Waals surface area contributed by atoms with Crippen molar-refractivity contribution in [3.8, 4) is 5.75 Å². The number of aliphatic carboxylic acids is 1. The maximum Gasteiger partial charge on any atom is 0.341 e. The maximum atomic E-state index is 10.9. The monoisotopic (exact) mass is 342 g/mol. The number of carboxylic acids is 1. The summed E-state index contributed by atoms with van der Waals surface area (Å²) in [6, 6.07) is 7.79. The summed E-state index contributed by atoms with van der Waals surface area (Å²) in [6.07, 6.45) is 11.2. The fourth-order valence-electron chi connectivity index (χ4n) is 4.88. The Balaban J connectivity index is 1.66. The first kappa shape index (κ1) is 16.6. The molecule has 2 aliphatic carbocycles. The molecule has 1 aromatic rings. The summed E-state index contributed by atoms with van der Waals surface area (Å²) in [5.41, 5.74) is 2.60. The van der Waals surface area contributed by atoms with Gasteiger partial charge in [-0.25, -0.2) is 4.79 Å². The van der Waals surface area contributed by atoms with E-state index in [1.807, 2.05) is 24.3 Å². The average Bonchev–Trinajstić information content (AvgIpc) is 2.66. The Hall–Kier alpha value is -1.81. The Labute approximate surface area is 148 Å². The molecule has 4 atom stereocenters. The molecule has 1 saturated heterocycles. The van der Waals surface area contributed by atoms with Crippen LogP contribution >= 0.6 is 0 Å². The van der Waals surface area contributed by atoms with Crippen LogP contribution in [-0.4, -0.2) is 23.8 Å².